The minimum atomic E-state index is -0.252. The standard InChI is InChI=1S/C23H21ClFN3O/c1-15-21(26-11-16-5-3-2-4-6-16)20(12-27-22(15)24)23(29)28-13-18(14-28)17-7-9-19(25)10-8-17/h2-10,12,18H,11,13-14H2,1H3,(H,26,27). The zero-order valence-electron chi connectivity index (χ0n) is 16.0. The Morgan fingerprint density at radius 3 is 2.55 bits per heavy atom. The van der Waals surface area contributed by atoms with Gasteiger partial charge in [0.15, 0.2) is 0 Å². The average Bonchev–Trinajstić information content (AvgIpc) is 2.70. The number of amides is 1. The molecule has 0 unspecified atom stereocenters. The number of rotatable bonds is 5. The second-order valence-corrected chi connectivity index (χ2v) is 7.62. The number of halogens is 2. The first-order valence-corrected chi connectivity index (χ1v) is 9.88. The fraction of sp³-hybridized carbons (Fsp3) is 0.217. The summed E-state index contributed by atoms with van der Waals surface area (Å²) in [6, 6.07) is 16.4. The van der Waals surface area contributed by atoms with Gasteiger partial charge < -0.3 is 10.2 Å². The molecule has 1 N–H and O–H groups in total. The summed E-state index contributed by atoms with van der Waals surface area (Å²) in [5.41, 5.74) is 4.13. The van der Waals surface area contributed by atoms with Crippen LogP contribution < -0.4 is 5.32 Å². The molecule has 1 aliphatic heterocycles. The van der Waals surface area contributed by atoms with Gasteiger partial charge in [-0.15, -0.1) is 0 Å². The molecule has 1 aliphatic rings. The summed E-state index contributed by atoms with van der Waals surface area (Å²) in [4.78, 5) is 19.1. The number of nitrogens with one attached hydrogen (secondary N) is 1. The zero-order chi connectivity index (χ0) is 20.4. The SMILES string of the molecule is Cc1c(Cl)ncc(C(=O)N2CC(c3ccc(F)cc3)C2)c1NCc1ccccc1. The van der Waals surface area contributed by atoms with Crippen molar-refractivity contribution < 1.29 is 9.18 Å². The van der Waals surface area contributed by atoms with E-state index < -0.39 is 0 Å². The third-order valence-corrected chi connectivity index (χ3v) is 5.69. The zero-order valence-corrected chi connectivity index (χ0v) is 16.8. The number of hydrogen-bond acceptors (Lipinski definition) is 3. The average molecular weight is 410 g/mol. The fourth-order valence-corrected chi connectivity index (χ4v) is 3.67. The van der Waals surface area contributed by atoms with Crippen molar-refractivity contribution in [1.82, 2.24) is 9.88 Å². The molecule has 4 rings (SSSR count). The molecule has 29 heavy (non-hydrogen) atoms. The van der Waals surface area contributed by atoms with E-state index in [1.807, 2.05) is 37.3 Å². The van der Waals surface area contributed by atoms with Gasteiger partial charge >= 0.3 is 0 Å². The molecule has 1 amide bonds. The summed E-state index contributed by atoms with van der Waals surface area (Å²) in [7, 11) is 0. The Morgan fingerprint density at radius 2 is 1.86 bits per heavy atom. The lowest BCUT2D eigenvalue weighted by molar-refractivity contribution is 0.0602. The highest BCUT2D eigenvalue weighted by Gasteiger charge is 2.33. The van der Waals surface area contributed by atoms with E-state index in [2.05, 4.69) is 10.3 Å². The van der Waals surface area contributed by atoms with Crippen LogP contribution in [0.25, 0.3) is 0 Å². The summed E-state index contributed by atoms with van der Waals surface area (Å²) < 4.78 is 13.1. The lowest BCUT2D eigenvalue weighted by Crippen LogP contribution is -2.48. The van der Waals surface area contributed by atoms with Gasteiger partial charge in [-0.25, -0.2) is 9.37 Å². The monoisotopic (exact) mass is 409 g/mol. The molecule has 1 saturated heterocycles. The highest BCUT2D eigenvalue weighted by molar-refractivity contribution is 6.30. The van der Waals surface area contributed by atoms with Crippen molar-refractivity contribution >= 4 is 23.2 Å². The van der Waals surface area contributed by atoms with E-state index >= 15 is 0 Å². The van der Waals surface area contributed by atoms with Gasteiger partial charge in [-0.1, -0.05) is 54.1 Å². The van der Waals surface area contributed by atoms with Gasteiger partial charge in [0.25, 0.3) is 5.91 Å². The summed E-state index contributed by atoms with van der Waals surface area (Å²) in [5.74, 6) is -0.106. The second kappa shape index (κ2) is 8.21. The van der Waals surface area contributed by atoms with E-state index in [4.69, 9.17) is 11.6 Å². The molecule has 0 saturated carbocycles. The molecule has 0 atom stereocenters. The molecule has 0 aliphatic carbocycles. The molecule has 2 heterocycles. The van der Waals surface area contributed by atoms with E-state index in [1.54, 1.807) is 17.0 Å². The van der Waals surface area contributed by atoms with E-state index in [-0.39, 0.29) is 17.6 Å². The lowest BCUT2D eigenvalue weighted by atomic mass is 9.90. The maximum atomic E-state index is 13.1. The molecule has 3 aromatic rings. The Kier molecular flexibility index (Phi) is 5.49. The van der Waals surface area contributed by atoms with E-state index in [1.165, 1.54) is 18.3 Å². The number of carbonyl (C=O) groups is 1. The van der Waals surface area contributed by atoms with Crippen molar-refractivity contribution in [2.45, 2.75) is 19.4 Å². The van der Waals surface area contributed by atoms with Crippen molar-refractivity contribution in [3.8, 4) is 0 Å². The number of pyridine rings is 1. The molecular weight excluding hydrogens is 389 g/mol. The molecule has 6 heteroatoms. The quantitative estimate of drug-likeness (QED) is 0.601. The van der Waals surface area contributed by atoms with Gasteiger partial charge in [0.1, 0.15) is 11.0 Å². The van der Waals surface area contributed by atoms with Crippen molar-refractivity contribution in [3.05, 3.63) is 94.0 Å². The van der Waals surface area contributed by atoms with Crippen LogP contribution in [0.3, 0.4) is 0 Å². The number of aromatic nitrogens is 1. The van der Waals surface area contributed by atoms with Gasteiger partial charge in [0, 0.05) is 37.3 Å². The molecular formula is C23H21ClFN3O. The van der Waals surface area contributed by atoms with Crippen molar-refractivity contribution in [1.29, 1.82) is 0 Å². The van der Waals surface area contributed by atoms with Crippen LogP contribution in [0.1, 0.15) is 33.0 Å². The fourth-order valence-electron chi connectivity index (χ4n) is 3.52. The van der Waals surface area contributed by atoms with Crippen molar-refractivity contribution in [3.63, 3.8) is 0 Å². The smallest absolute Gasteiger partial charge is 0.257 e. The molecule has 0 radical (unpaired) electrons. The Hall–Kier alpha value is -2.92. The number of nitrogens with zero attached hydrogens (tertiary/aromatic N) is 2. The third kappa shape index (κ3) is 4.10. The van der Waals surface area contributed by atoms with Crippen LogP contribution in [0.5, 0.6) is 0 Å². The van der Waals surface area contributed by atoms with Gasteiger partial charge in [-0.05, 0) is 30.2 Å². The van der Waals surface area contributed by atoms with Gasteiger partial charge in [0.05, 0.1) is 11.3 Å². The predicted molar refractivity (Wildman–Crippen MR) is 113 cm³/mol. The number of likely N-dealkylation sites (tertiary alicyclic amines) is 1. The van der Waals surface area contributed by atoms with Crippen molar-refractivity contribution in [2.75, 3.05) is 18.4 Å². The maximum absolute atomic E-state index is 13.1. The molecule has 1 aromatic heterocycles. The number of benzene rings is 2. The third-order valence-electron chi connectivity index (χ3n) is 5.31. The minimum Gasteiger partial charge on any atom is -0.380 e. The first-order valence-electron chi connectivity index (χ1n) is 9.50. The Bertz CT molecular complexity index is 1020. The van der Waals surface area contributed by atoms with Gasteiger partial charge in [-0.2, -0.15) is 0 Å². The molecule has 1 fully saturated rings. The van der Waals surface area contributed by atoms with Crippen LogP contribution in [0.4, 0.5) is 10.1 Å². The highest BCUT2D eigenvalue weighted by Crippen LogP contribution is 2.32. The van der Waals surface area contributed by atoms with E-state index in [9.17, 15) is 9.18 Å². The first kappa shape index (κ1) is 19.4. The molecule has 148 valence electrons. The summed E-state index contributed by atoms with van der Waals surface area (Å²) in [6.45, 7) is 3.64. The Morgan fingerprint density at radius 1 is 1.17 bits per heavy atom. The van der Waals surface area contributed by atoms with Crippen molar-refractivity contribution in [2.24, 2.45) is 0 Å². The highest BCUT2D eigenvalue weighted by atomic mass is 35.5. The van der Waals surface area contributed by atoms with Crippen LogP contribution in [0, 0.1) is 12.7 Å². The van der Waals surface area contributed by atoms with Crippen LogP contribution in [0.15, 0.2) is 60.8 Å². The predicted octanol–water partition coefficient (Wildman–Crippen LogP) is 5.03. The Balaban J connectivity index is 1.50. The van der Waals surface area contributed by atoms with Crippen LogP contribution >= 0.6 is 11.6 Å². The molecule has 0 bridgehead atoms. The van der Waals surface area contributed by atoms with E-state index in [0.717, 1.165) is 16.7 Å². The van der Waals surface area contributed by atoms with Crippen LogP contribution in [0.2, 0.25) is 5.15 Å². The van der Waals surface area contributed by atoms with Crippen LogP contribution in [-0.2, 0) is 6.54 Å². The topological polar surface area (TPSA) is 45.2 Å². The molecule has 2 aromatic carbocycles. The normalized spacial score (nSPS) is 13.8. The van der Waals surface area contributed by atoms with Gasteiger partial charge in [-0.3, -0.25) is 4.79 Å². The maximum Gasteiger partial charge on any atom is 0.257 e. The minimum absolute atomic E-state index is 0.0776. The van der Waals surface area contributed by atoms with Crippen LogP contribution in [-0.4, -0.2) is 28.9 Å². The second-order valence-electron chi connectivity index (χ2n) is 7.26. The largest absolute Gasteiger partial charge is 0.380 e. The summed E-state index contributed by atoms with van der Waals surface area (Å²) in [5, 5.41) is 3.74. The number of carbonyl (C=O) groups excluding carboxylic acids is 1. The van der Waals surface area contributed by atoms with Gasteiger partial charge in [0.2, 0.25) is 0 Å². The molecule has 0 spiro atoms. The summed E-state index contributed by atoms with van der Waals surface area (Å²) >= 11 is 6.21. The first-order chi connectivity index (χ1) is 14.0. The lowest BCUT2D eigenvalue weighted by Gasteiger charge is -2.40. The molecule has 4 nitrogen and oxygen atoms in total. The summed E-state index contributed by atoms with van der Waals surface area (Å²) in [6.07, 6.45) is 1.54. The van der Waals surface area contributed by atoms with E-state index in [0.29, 0.717) is 36.0 Å². The number of hydrogen-bond donors (Lipinski definition) is 1. The number of anilines is 1. The Labute approximate surface area is 174 Å².